The van der Waals surface area contributed by atoms with E-state index in [1.54, 1.807) is 13.0 Å². The second-order valence-electron chi connectivity index (χ2n) is 7.38. The molecule has 3 aromatic heterocycles. The highest BCUT2D eigenvalue weighted by atomic mass is 32.1. The van der Waals surface area contributed by atoms with E-state index in [1.165, 1.54) is 16.9 Å². The van der Waals surface area contributed by atoms with Crippen molar-refractivity contribution in [3.8, 4) is 5.88 Å². The first-order valence-electron chi connectivity index (χ1n) is 9.63. The number of aryl methyl sites for hydroxylation is 2. The third kappa shape index (κ3) is 5.04. The van der Waals surface area contributed by atoms with Crippen LogP contribution in [0.15, 0.2) is 24.4 Å². The molecule has 29 heavy (non-hydrogen) atoms. The van der Waals surface area contributed by atoms with Gasteiger partial charge in [0.25, 0.3) is 0 Å². The smallest absolute Gasteiger partial charge is 0.218 e. The van der Waals surface area contributed by atoms with Crippen LogP contribution in [0.25, 0.3) is 0 Å². The van der Waals surface area contributed by atoms with Crippen LogP contribution < -0.4 is 10.1 Å². The van der Waals surface area contributed by atoms with Crippen molar-refractivity contribution in [2.45, 2.75) is 45.8 Å². The van der Waals surface area contributed by atoms with Crippen LogP contribution in [0.1, 0.15) is 52.5 Å². The third-order valence-electron chi connectivity index (χ3n) is 4.76. The summed E-state index contributed by atoms with van der Waals surface area (Å²) in [5.74, 6) is 2.81. The van der Waals surface area contributed by atoms with Crippen LogP contribution in [0.3, 0.4) is 0 Å². The molecule has 0 aromatic carbocycles. The van der Waals surface area contributed by atoms with Gasteiger partial charge in [0.2, 0.25) is 5.88 Å². The number of hydrogen-bond acceptors (Lipinski definition) is 9. The lowest BCUT2D eigenvalue weighted by atomic mass is 10.2. The minimum Gasteiger partial charge on any atom is -0.477 e. The summed E-state index contributed by atoms with van der Waals surface area (Å²) in [6.07, 6.45) is 2.40. The SMILES string of the molecule is Cc1ccc(C2C[C@@H]2COc2cc(NCc3nnc(C(C)O)s3)nc(C)n2)nc1. The molecule has 1 aliphatic carbocycles. The topological polar surface area (TPSA) is 106 Å². The molecular weight excluding hydrogens is 388 g/mol. The Kier molecular flexibility index (Phi) is 5.68. The van der Waals surface area contributed by atoms with Gasteiger partial charge in [-0.1, -0.05) is 17.4 Å². The summed E-state index contributed by atoms with van der Waals surface area (Å²) in [7, 11) is 0. The Morgan fingerprint density at radius 1 is 1.28 bits per heavy atom. The molecule has 8 nitrogen and oxygen atoms in total. The lowest BCUT2D eigenvalue weighted by Gasteiger charge is -2.09. The average molecular weight is 413 g/mol. The Bertz CT molecular complexity index is 975. The van der Waals surface area contributed by atoms with Gasteiger partial charge in [0, 0.05) is 29.8 Å². The minimum atomic E-state index is -0.607. The predicted octanol–water partition coefficient (Wildman–Crippen LogP) is 3.19. The van der Waals surface area contributed by atoms with Gasteiger partial charge < -0.3 is 15.2 Å². The molecule has 1 saturated carbocycles. The first-order valence-corrected chi connectivity index (χ1v) is 10.4. The standard InChI is InChI=1S/C20H24N6O2S/c1-11-4-5-16(21-8-11)15-6-14(15)10-28-18-7-17(23-13(3)24-18)22-9-19-25-26-20(29-19)12(2)27/h4-5,7-8,12,14-15,27H,6,9-10H2,1-3H3,(H,22,23,24)/t12?,14-,15?/m1/s1. The Labute approximate surface area is 173 Å². The van der Waals surface area contributed by atoms with E-state index in [1.807, 2.05) is 20.0 Å². The van der Waals surface area contributed by atoms with Gasteiger partial charge in [-0.25, -0.2) is 4.98 Å². The molecule has 3 atom stereocenters. The zero-order valence-electron chi connectivity index (χ0n) is 16.7. The number of aromatic nitrogens is 5. The number of aliphatic hydroxyl groups is 1. The number of rotatable bonds is 8. The minimum absolute atomic E-state index is 0.469. The maximum absolute atomic E-state index is 9.55. The Hall–Kier alpha value is -2.65. The molecule has 0 amide bonds. The monoisotopic (exact) mass is 412 g/mol. The Morgan fingerprint density at radius 2 is 2.14 bits per heavy atom. The molecule has 152 valence electrons. The van der Waals surface area contributed by atoms with Crippen molar-refractivity contribution in [3.05, 3.63) is 51.5 Å². The number of hydrogen-bond donors (Lipinski definition) is 2. The van der Waals surface area contributed by atoms with Crippen molar-refractivity contribution in [3.63, 3.8) is 0 Å². The molecule has 3 aromatic rings. The maximum Gasteiger partial charge on any atom is 0.218 e. The number of nitrogens with zero attached hydrogens (tertiary/aromatic N) is 5. The van der Waals surface area contributed by atoms with E-state index in [-0.39, 0.29) is 0 Å². The quantitative estimate of drug-likeness (QED) is 0.581. The van der Waals surface area contributed by atoms with Crippen molar-refractivity contribution in [1.82, 2.24) is 25.1 Å². The highest BCUT2D eigenvalue weighted by Crippen LogP contribution is 2.46. The fraction of sp³-hybridized carbons (Fsp3) is 0.450. The first-order chi connectivity index (χ1) is 14.0. The highest BCUT2D eigenvalue weighted by Gasteiger charge is 2.40. The average Bonchev–Trinajstić information content (AvgIpc) is 3.30. The van der Waals surface area contributed by atoms with Crippen LogP contribution in [-0.4, -0.2) is 36.9 Å². The zero-order chi connectivity index (χ0) is 20.4. The molecule has 0 aliphatic heterocycles. The summed E-state index contributed by atoms with van der Waals surface area (Å²) in [6, 6.07) is 6.00. The van der Waals surface area contributed by atoms with Crippen LogP contribution in [0.4, 0.5) is 5.82 Å². The van der Waals surface area contributed by atoms with Crippen molar-refractivity contribution < 1.29 is 9.84 Å². The molecule has 1 aliphatic rings. The van der Waals surface area contributed by atoms with Gasteiger partial charge in [0.05, 0.1) is 13.2 Å². The van der Waals surface area contributed by atoms with E-state index >= 15 is 0 Å². The van der Waals surface area contributed by atoms with E-state index in [4.69, 9.17) is 4.74 Å². The van der Waals surface area contributed by atoms with E-state index in [9.17, 15) is 5.11 Å². The van der Waals surface area contributed by atoms with E-state index in [2.05, 4.69) is 42.6 Å². The number of ether oxygens (including phenoxy) is 1. The molecule has 1 fully saturated rings. The van der Waals surface area contributed by atoms with E-state index in [0.29, 0.717) is 47.5 Å². The van der Waals surface area contributed by atoms with Gasteiger partial charge >= 0.3 is 0 Å². The number of aliphatic hydroxyl groups excluding tert-OH is 1. The summed E-state index contributed by atoms with van der Waals surface area (Å²) < 4.78 is 5.94. The van der Waals surface area contributed by atoms with Crippen molar-refractivity contribution in [1.29, 1.82) is 0 Å². The van der Waals surface area contributed by atoms with Crippen LogP contribution in [0.5, 0.6) is 5.88 Å². The van der Waals surface area contributed by atoms with Gasteiger partial charge in [-0.3, -0.25) is 4.98 Å². The van der Waals surface area contributed by atoms with Crippen LogP contribution in [-0.2, 0) is 6.54 Å². The molecule has 0 bridgehead atoms. The molecule has 3 heterocycles. The predicted molar refractivity (Wildman–Crippen MR) is 110 cm³/mol. The van der Waals surface area contributed by atoms with Crippen LogP contribution in [0.2, 0.25) is 0 Å². The largest absolute Gasteiger partial charge is 0.477 e. The van der Waals surface area contributed by atoms with Gasteiger partial charge in [-0.05, 0) is 38.8 Å². The number of pyridine rings is 1. The molecule has 2 unspecified atom stereocenters. The fourth-order valence-electron chi connectivity index (χ4n) is 3.06. The van der Waals surface area contributed by atoms with Gasteiger partial charge in [0.1, 0.15) is 27.8 Å². The highest BCUT2D eigenvalue weighted by molar-refractivity contribution is 7.11. The number of anilines is 1. The summed E-state index contributed by atoms with van der Waals surface area (Å²) in [6.45, 7) is 6.65. The third-order valence-corrected chi connectivity index (χ3v) is 5.85. The van der Waals surface area contributed by atoms with Crippen LogP contribution in [0, 0.1) is 19.8 Å². The second kappa shape index (κ2) is 8.38. The summed E-state index contributed by atoms with van der Waals surface area (Å²) in [5, 5.41) is 22.2. The summed E-state index contributed by atoms with van der Waals surface area (Å²) in [5.41, 5.74) is 2.31. The molecule has 0 spiro atoms. The van der Waals surface area contributed by atoms with Crippen molar-refractivity contribution in [2.75, 3.05) is 11.9 Å². The Morgan fingerprint density at radius 3 is 2.86 bits per heavy atom. The van der Waals surface area contributed by atoms with Crippen LogP contribution >= 0.6 is 11.3 Å². The summed E-state index contributed by atoms with van der Waals surface area (Å²) >= 11 is 1.37. The lowest BCUT2D eigenvalue weighted by Crippen LogP contribution is -2.07. The molecule has 2 N–H and O–H groups in total. The maximum atomic E-state index is 9.55. The Balaban J connectivity index is 1.32. The molecule has 9 heteroatoms. The summed E-state index contributed by atoms with van der Waals surface area (Å²) in [4.78, 5) is 13.3. The first kappa shape index (κ1) is 19.7. The lowest BCUT2D eigenvalue weighted by molar-refractivity contribution is 0.198. The second-order valence-corrected chi connectivity index (χ2v) is 8.47. The number of nitrogens with one attached hydrogen (secondary N) is 1. The van der Waals surface area contributed by atoms with Gasteiger partial charge in [-0.15, -0.1) is 10.2 Å². The van der Waals surface area contributed by atoms with Gasteiger partial charge in [-0.2, -0.15) is 4.98 Å². The van der Waals surface area contributed by atoms with E-state index < -0.39 is 6.10 Å². The van der Waals surface area contributed by atoms with Gasteiger partial charge in [0.15, 0.2) is 0 Å². The normalized spacial score (nSPS) is 19.0. The molecular formula is C20H24N6O2S. The molecule has 0 saturated heterocycles. The molecule has 4 rings (SSSR count). The zero-order valence-corrected chi connectivity index (χ0v) is 17.5. The fourth-order valence-corrected chi connectivity index (χ4v) is 3.78. The molecule has 0 radical (unpaired) electrons. The van der Waals surface area contributed by atoms with E-state index in [0.717, 1.165) is 17.1 Å². The van der Waals surface area contributed by atoms with Crippen molar-refractivity contribution >= 4 is 17.2 Å². The van der Waals surface area contributed by atoms with Crippen molar-refractivity contribution in [2.24, 2.45) is 5.92 Å².